The zero-order chi connectivity index (χ0) is 16.9. The summed E-state index contributed by atoms with van der Waals surface area (Å²) in [4.78, 5) is 17.3. The van der Waals surface area contributed by atoms with Crippen LogP contribution >= 0.6 is 35.7 Å². The van der Waals surface area contributed by atoms with Gasteiger partial charge in [0.25, 0.3) is 0 Å². The number of hydrogen-bond donors (Lipinski definition) is 3. The summed E-state index contributed by atoms with van der Waals surface area (Å²) in [7, 11) is 0. The first-order valence-corrected chi connectivity index (χ1v) is 9.09. The summed E-state index contributed by atoms with van der Waals surface area (Å²) in [6.45, 7) is 8.05. The molecule has 0 atom stereocenters. The van der Waals surface area contributed by atoms with Crippen molar-refractivity contribution in [2.24, 2.45) is 4.99 Å². The fraction of sp³-hybridized carbons (Fsp3) is 0.529. The van der Waals surface area contributed by atoms with E-state index in [1.165, 1.54) is 4.90 Å². The number of amides is 1. The fourth-order valence-electron chi connectivity index (χ4n) is 1.86. The lowest BCUT2D eigenvalue weighted by molar-refractivity contribution is -0.121. The van der Waals surface area contributed by atoms with Gasteiger partial charge in [0.05, 0.1) is 6.54 Å². The quantitative estimate of drug-likeness (QED) is 0.173. The van der Waals surface area contributed by atoms with Crippen molar-refractivity contribution in [2.75, 3.05) is 25.4 Å². The van der Waals surface area contributed by atoms with Crippen LogP contribution in [-0.4, -0.2) is 43.3 Å². The maximum atomic E-state index is 11.6. The molecule has 0 aliphatic rings. The molecule has 1 rings (SSSR count). The van der Waals surface area contributed by atoms with Crippen LogP contribution in [-0.2, 0) is 4.79 Å². The summed E-state index contributed by atoms with van der Waals surface area (Å²) in [6.07, 6.45) is 0.410. The molecule has 0 heterocycles. The van der Waals surface area contributed by atoms with E-state index in [0.717, 1.165) is 24.8 Å². The van der Waals surface area contributed by atoms with E-state index in [-0.39, 0.29) is 35.9 Å². The van der Waals surface area contributed by atoms with E-state index in [9.17, 15) is 4.79 Å². The van der Waals surface area contributed by atoms with Crippen LogP contribution in [0.3, 0.4) is 0 Å². The zero-order valence-corrected chi connectivity index (χ0v) is 17.8. The standard InChI is InChI=1S/C17H28N4OS.HI/c1-4-18-17(19-11-10-16(22)21-14(2)3)20-12-13-23-15-8-6-5-7-9-15;/h5-9,14H,4,10-13H2,1-3H3,(H,21,22)(H2,18,19,20);1H. The molecule has 0 saturated carbocycles. The fourth-order valence-corrected chi connectivity index (χ4v) is 2.65. The normalized spacial score (nSPS) is 10.9. The Kier molecular flexibility index (Phi) is 13.8. The van der Waals surface area contributed by atoms with Crippen LogP contribution in [0.4, 0.5) is 0 Å². The molecule has 3 N–H and O–H groups in total. The van der Waals surface area contributed by atoms with Crippen molar-refractivity contribution >= 4 is 47.6 Å². The van der Waals surface area contributed by atoms with E-state index in [4.69, 9.17) is 0 Å². The maximum Gasteiger partial charge on any atom is 0.222 e. The molecule has 5 nitrogen and oxygen atoms in total. The van der Waals surface area contributed by atoms with Crippen molar-refractivity contribution in [1.29, 1.82) is 0 Å². The van der Waals surface area contributed by atoms with Crippen molar-refractivity contribution in [1.82, 2.24) is 16.0 Å². The summed E-state index contributed by atoms with van der Waals surface area (Å²) in [6, 6.07) is 10.5. The highest BCUT2D eigenvalue weighted by Crippen LogP contribution is 2.15. The van der Waals surface area contributed by atoms with Gasteiger partial charge in [0.1, 0.15) is 0 Å². The Balaban J connectivity index is 0.00000529. The van der Waals surface area contributed by atoms with Gasteiger partial charge in [-0.05, 0) is 32.9 Å². The topological polar surface area (TPSA) is 65.5 Å². The smallest absolute Gasteiger partial charge is 0.222 e. The lowest BCUT2D eigenvalue weighted by Crippen LogP contribution is -2.38. The van der Waals surface area contributed by atoms with Gasteiger partial charge in [0.2, 0.25) is 5.91 Å². The van der Waals surface area contributed by atoms with Gasteiger partial charge in [-0.1, -0.05) is 18.2 Å². The van der Waals surface area contributed by atoms with Crippen molar-refractivity contribution in [3.05, 3.63) is 30.3 Å². The first kappa shape index (κ1) is 23.0. The molecule has 136 valence electrons. The van der Waals surface area contributed by atoms with Crippen LogP contribution in [0.5, 0.6) is 0 Å². The largest absolute Gasteiger partial charge is 0.357 e. The van der Waals surface area contributed by atoms with Gasteiger partial charge < -0.3 is 16.0 Å². The summed E-state index contributed by atoms with van der Waals surface area (Å²) in [5, 5.41) is 9.35. The Morgan fingerprint density at radius 3 is 2.54 bits per heavy atom. The summed E-state index contributed by atoms with van der Waals surface area (Å²) in [5.74, 6) is 1.76. The lowest BCUT2D eigenvalue weighted by atomic mass is 10.3. The number of thioether (sulfide) groups is 1. The first-order valence-electron chi connectivity index (χ1n) is 8.11. The molecule has 0 fully saturated rings. The summed E-state index contributed by atoms with van der Waals surface area (Å²) in [5.41, 5.74) is 0. The van der Waals surface area contributed by atoms with E-state index in [1.807, 2.05) is 39.0 Å². The number of guanidine groups is 1. The Morgan fingerprint density at radius 1 is 1.21 bits per heavy atom. The van der Waals surface area contributed by atoms with Gasteiger partial charge in [-0.3, -0.25) is 9.79 Å². The molecule has 24 heavy (non-hydrogen) atoms. The molecule has 1 aromatic rings. The molecule has 0 aromatic heterocycles. The molecular weight excluding hydrogens is 435 g/mol. The average Bonchev–Trinajstić information content (AvgIpc) is 2.51. The van der Waals surface area contributed by atoms with Crippen LogP contribution in [0.1, 0.15) is 27.2 Å². The van der Waals surface area contributed by atoms with Crippen LogP contribution in [0.2, 0.25) is 0 Å². The molecule has 0 bridgehead atoms. The number of nitrogens with one attached hydrogen (secondary N) is 3. The minimum Gasteiger partial charge on any atom is -0.357 e. The molecule has 0 radical (unpaired) electrons. The number of halogens is 1. The van der Waals surface area contributed by atoms with E-state index >= 15 is 0 Å². The molecule has 1 amide bonds. The second-order valence-electron chi connectivity index (χ2n) is 5.32. The maximum absolute atomic E-state index is 11.6. The Morgan fingerprint density at radius 2 is 1.92 bits per heavy atom. The van der Waals surface area contributed by atoms with Crippen LogP contribution in [0.15, 0.2) is 40.2 Å². The van der Waals surface area contributed by atoms with E-state index < -0.39 is 0 Å². The van der Waals surface area contributed by atoms with Crippen molar-refractivity contribution in [2.45, 2.75) is 38.1 Å². The van der Waals surface area contributed by atoms with Gasteiger partial charge in [0.15, 0.2) is 5.96 Å². The Bertz CT molecular complexity index is 483. The van der Waals surface area contributed by atoms with Crippen molar-refractivity contribution in [3.63, 3.8) is 0 Å². The highest BCUT2D eigenvalue weighted by atomic mass is 127. The van der Waals surface area contributed by atoms with E-state index in [2.05, 4.69) is 33.1 Å². The molecule has 0 aliphatic carbocycles. The number of carbonyl (C=O) groups is 1. The molecule has 0 saturated heterocycles. The van der Waals surface area contributed by atoms with Gasteiger partial charge in [0, 0.05) is 36.2 Å². The second kappa shape index (κ2) is 14.4. The van der Waals surface area contributed by atoms with Gasteiger partial charge in [-0.25, -0.2) is 0 Å². The van der Waals surface area contributed by atoms with Crippen LogP contribution in [0, 0.1) is 0 Å². The molecule has 0 unspecified atom stereocenters. The Labute approximate surface area is 166 Å². The third-order valence-electron chi connectivity index (χ3n) is 2.81. The van der Waals surface area contributed by atoms with Crippen molar-refractivity contribution < 1.29 is 4.79 Å². The minimum atomic E-state index is 0. The molecular formula is C17H29IN4OS. The summed E-state index contributed by atoms with van der Waals surface area (Å²) >= 11 is 1.81. The van der Waals surface area contributed by atoms with E-state index in [0.29, 0.717) is 13.0 Å². The van der Waals surface area contributed by atoms with E-state index in [1.54, 1.807) is 11.8 Å². The van der Waals surface area contributed by atoms with Crippen LogP contribution in [0.25, 0.3) is 0 Å². The Hall–Kier alpha value is -0.960. The molecule has 7 heteroatoms. The number of nitrogens with zero attached hydrogens (tertiary/aromatic N) is 1. The number of aliphatic imine (C=N–C) groups is 1. The monoisotopic (exact) mass is 464 g/mol. The predicted octanol–water partition coefficient (Wildman–Crippen LogP) is 2.87. The van der Waals surface area contributed by atoms with Crippen molar-refractivity contribution in [3.8, 4) is 0 Å². The number of hydrogen-bond acceptors (Lipinski definition) is 3. The van der Waals surface area contributed by atoms with Gasteiger partial charge >= 0.3 is 0 Å². The van der Waals surface area contributed by atoms with Gasteiger partial charge in [-0.2, -0.15) is 0 Å². The first-order chi connectivity index (χ1) is 11.1. The van der Waals surface area contributed by atoms with Crippen LogP contribution < -0.4 is 16.0 Å². The SMILES string of the molecule is CCNC(=NCCC(=O)NC(C)C)NCCSc1ccccc1.I. The number of carbonyl (C=O) groups excluding carboxylic acids is 1. The minimum absolute atomic E-state index is 0. The second-order valence-corrected chi connectivity index (χ2v) is 6.49. The van der Waals surface area contributed by atoms with Gasteiger partial charge in [-0.15, -0.1) is 35.7 Å². The third-order valence-corrected chi connectivity index (χ3v) is 3.82. The zero-order valence-electron chi connectivity index (χ0n) is 14.7. The highest BCUT2D eigenvalue weighted by molar-refractivity contribution is 14.0. The third kappa shape index (κ3) is 11.6. The number of rotatable bonds is 9. The number of benzene rings is 1. The predicted molar refractivity (Wildman–Crippen MR) is 114 cm³/mol. The average molecular weight is 464 g/mol. The lowest BCUT2D eigenvalue weighted by Gasteiger charge is -2.11. The molecule has 0 spiro atoms. The summed E-state index contributed by atoms with van der Waals surface area (Å²) < 4.78 is 0. The highest BCUT2D eigenvalue weighted by Gasteiger charge is 2.03. The molecule has 1 aromatic carbocycles. The molecule has 0 aliphatic heterocycles.